The summed E-state index contributed by atoms with van der Waals surface area (Å²) >= 11 is 0. The molecule has 1 atom stereocenters. The molecule has 2 saturated heterocycles. The molecule has 12 nitrogen and oxygen atoms in total. The normalized spacial score (nSPS) is 17.6. The summed E-state index contributed by atoms with van der Waals surface area (Å²) in [6.07, 6.45) is -5.66. The van der Waals surface area contributed by atoms with Gasteiger partial charge in [-0.3, -0.25) is 14.1 Å². The molecule has 19 heteroatoms. The third-order valence-electron chi connectivity index (χ3n) is 8.75. The first-order valence-electron chi connectivity index (χ1n) is 16.2. The summed E-state index contributed by atoms with van der Waals surface area (Å²) in [5.41, 5.74) is -0.422. The van der Waals surface area contributed by atoms with Gasteiger partial charge in [-0.05, 0) is 68.6 Å². The number of rotatable bonds is 14. The average molecular weight is 739 g/mol. The molecule has 0 saturated carbocycles. The van der Waals surface area contributed by atoms with E-state index in [4.69, 9.17) is 9.29 Å². The quantitative estimate of drug-likeness (QED) is 0.190. The van der Waals surface area contributed by atoms with Crippen molar-refractivity contribution in [3.05, 3.63) is 41.2 Å². The topological polar surface area (TPSA) is 154 Å². The number of anilines is 2. The van der Waals surface area contributed by atoms with Gasteiger partial charge in [0.05, 0.1) is 18.4 Å². The second kappa shape index (κ2) is 16.4. The Morgan fingerprint density at radius 3 is 2.30 bits per heavy atom. The smallest absolute Gasteiger partial charge is 0.451 e. The van der Waals surface area contributed by atoms with Crippen LogP contribution in [0.4, 0.5) is 38.0 Å². The maximum absolute atomic E-state index is 14.0. The number of nitrogens with zero attached hydrogens (tertiary/aromatic N) is 4. The van der Waals surface area contributed by atoms with Crippen LogP contribution in [0, 0.1) is 5.92 Å². The highest BCUT2D eigenvalue weighted by Gasteiger charge is 2.39. The Balaban J connectivity index is 1.35. The Hall–Kier alpha value is -3.87. The van der Waals surface area contributed by atoms with E-state index in [0.717, 1.165) is 12.1 Å². The monoisotopic (exact) mass is 738 g/mol. The van der Waals surface area contributed by atoms with Gasteiger partial charge in [-0.1, -0.05) is 6.07 Å². The third-order valence-corrected chi connectivity index (χ3v) is 9.47. The van der Waals surface area contributed by atoms with Crippen molar-refractivity contribution in [2.75, 3.05) is 55.4 Å². The molecule has 2 aromatic rings. The van der Waals surface area contributed by atoms with E-state index in [-0.39, 0.29) is 61.7 Å². The molecule has 2 fully saturated rings. The van der Waals surface area contributed by atoms with Gasteiger partial charge in [0.2, 0.25) is 17.6 Å². The number of carbonyl (C=O) groups is 2. The van der Waals surface area contributed by atoms with E-state index in [1.54, 1.807) is 4.90 Å². The van der Waals surface area contributed by atoms with Crippen molar-refractivity contribution in [2.24, 2.45) is 5.92 Å². The van der Waals surface area contributed by atoms with Gasteiger partial charge in [-0.25, -0.2) is 9.97 Å². The lowest BCUT2D eigenvalue weighted by molar-refractivity contribution is -0.144. The number of hydrogen-bond donors (Lipinski definition) is 3. The fraction of sp³-hybridized carbons (Fsp3) is 0.613. The first-order valence-corrected chi connectivity index (χ1v) is 17.8. The molecule has 1 aromatic heterocycles. The van der Waals surface area contributed by atoms with Gasteiger partial charge in [-0.2, -0.15) is 34.8 Å². The molecule has 0 unspecified atom stereocenters. The number of halogens is 6. The zero-order valence-corrected chi connectivity index (χ0v) is 28.1. The predicted molar refractivity (Wildman–Crippen MR) is 170 cm³/mol. The largest absolute Gasteiger partial charge is 0.496 e. The predicted octanol–water partition coefficient (Wildman–Crippen LogP) is 4.24. The lowest BCUT2D eigenvalue weighted by atomic mass is 9.91. The number of alkyl halides is 6. The Kier molecular flexibility index (Phi) is 12.8. The second-order valence-electron chi connectivity index (χ2n) is 12.3. The van der Waals surface area contributed by atoms with Gasteiger partial charge >= 0.3 is 12.4 Å². The van der Waals surface area contributed by atoms with Gasteiger partial charge in [0.15, 0.2) is 0 Å². The molecule has 3 heterocycles. The van der Waals surface area contributed by atoms with Crippen molar-refractivity contribution in [1.82, 2.24) is 20.6 Å². The standard InChI is InChI=1S/C31H40F6N6O6S/c1-49-24-18-22(30(32,33)34)8-7-21(24)9-12-39-28(45)23-5-3-14-43(23)26-19-25(40-29(41-26)31(35,36)37)42-15-10-20(11-16-42)4-2-6-27(44)38-13-17-50(46,47)48/h7-8,18-20,23H,2-6,9-17H2,1H3,(H,38,44)(H,39,45)(H,46,47,48)/t23-/m0/s1. The van der Waals surface area contributed by atoms with Crippen LogP contribution in [0.2, 0.25) is 0 Å². The van der Waals surface area contributed by atoms with E-state index in [0.29, 0.717) is 57.2 Å². The molecule has 2 amide bonds. The van der Waals surface area contributed by atoms with E-state index in [9.17, 15) is 44.3 Å². The van der Waals surface area contributed by atoms with Crippen LogP contribution in [0.3, 0.4) is 0 Å². The Labute approximate surface area is 285 Å². The summed E-state index contributed by atoms with van der Waals surface area (Å²) in [6.45, 7) is 0.972. The number of piperidine rings is 1. The lowest BCUT2D eigenvalue weighted by Gasteiger charge is -2.34. The molecule has 0 radical (unpaired) electrons. The molecule has 1 aromatic carbocycles. The minimum Gasteiger partial charge on any atom is -0.496 e. The summed E-state index contributed by atoms with van der Waals surface area (Å²) < 4.78 is 116. The van der Waals surface area contributed by atoms with Gasteiger partial charge in [0.1, 0.15) is 23.4 Å². The molecule has 0 bridgehead atoms. The van der Waals surface area contributed by atoms with Gasteiger partial charge < -0.3 is 25.2 Å². The Morgan fingerprint density at radius 2 is 1.66 bits per heavy atom. The molecule has 50 heavy (non-hydrogen) atoms. The summed E-state index contributed by atoms with van der Waals surface area (Å²) in [6, 6.07) is 3.72. The highest BCUT2D eigenvalue weighted by atomic mass is 32.2. The van der Waals surface area contributed by atoms with Crippen molar-refractivity contribution in [2.45, 2.75) is 69.8 Å². The summed E-state index contributed by atoms with van der Waals surface area (Å²) in [4.78, 5) is 36.0. The van der Waals surface area contributed by atoms with Gasteiger partial charge in [-0.15, -0.1) is 0 Å². The summed E-state index contributed by atoms with van der Waals surface area (Å²) in [7, 11) is -2.93. The van der Waals surface area contributed by atoms with E-state index in [1.165, 1.54) is 24.1 Å². The summed E-state index contributed by atoms with van der Waals surface area (Å²) in [5, 5.41) is 5.17. The van der Waals surface area contributed by atoms with Crippen LogP contribution in [-0.4, -0.2) is 86.4 Å². The zero-order valence-electron chi connectivity index (χ0n) is 27.3. The Morgan fingerprint density at radius 1 is 0.960 bits per heavy atom. The molecule has 0 spiro atoms. The minimum atomic E-state index is -4.84. The molecule has 3 N–H and O–H groups in total. The van der Waals surface area contributed by atoms with Crippen molar-refractivity contribution in [1.29, 1.82) is 0 Å². The second-order valence-corrected chi connectivity index (χ2v) is 13.9. The molecule has 2 aliphatic rings. The summed E-state index contributed by atoms with van der Waals surface area (Å²) in [5.74, 6) is -2.41. The SMILES string of the molecule is COc1cc(C(F)(F)F)ccc1CCNC(=O)[C@@H]1CCCN1c1cc(N2CCC(CCCC(=O)NCCS(=O)(=O)O)CC2)nc(C(F)(F)F)n1. The Bertz CT molecular complexity index is 1600. The van der Waals surface area contributed by atoms with Crippen molar-refractivity contribution >= 4 is 33.6 Å². The van der Waals surface area contributed by atoms with Crippen LogP contribution in [0.25, 0.3) is 0 Å². The molecule has 4 rings (SSSR count). The molecular formula is C31H40F6N6O6S. The van der Waals surface area contributed by atoms with Crippen molar-refractivity contribution < 1.29 is 53.6 Å². The number of hydrogen-bond acceptors (Lipinski definition) is 9. The van der Waals surface area contributed by atoms with E-state index < -0.39 is 51.6 Å². The molecule has 2 aliphatic heterocycles. The first kappa shape index (κ1) is 38.9. The number of nitrogens with one attached hydrogen (secondary N) is 2. The fourth-order valence-corrected chi connectivity index (χ4v) is 6.51. The average Bonchev–Trinajstić information content (AvgIpc) is 3.54. The van der Waals surface area contributed by atoms with Crippen LogP contribution >= 0.6 is 0 Å². The van der Waals surface area contributed by atoms with Gasteiger partial charge in [0, 0.05) is 45.2 Å². The number of methoxy groups -OCH3 is 1. The number of benzene rings is 1. The van der Waals surface area contributed by atoms with E-state index in [2.05, 4.69) is 20.6 Å². The number of aromatic nitrogens is 2. The lowest BCUT2D eigenvalue weighted by Crippen LogP contribution is -2.44. The maximum atomic E-state index is 14.0. The van der Waals surface area contributed by atoms with Crippen LogP contribution < -0.4 is 25.2 Å². The molecule has 0 aliphatic carbocycles. The third kappa shape index (κ3) is 11.1. The molecule has 278 valence electrons. The first-order chi connectivity index (χ1) is 23.4. The van der Waals surface area contributed by atoms with Crippen LogP contribution in [0.1, 0.15) is 61.9 Å². The van der Waals surface area contributed by atoms with Crippen LogP contribution in [0.5, 0.6) is 5.75 Å². The number of ether oxygens (including phenoxy) is 1. The highest BCUT2D eigenvalue weighted by molar-refractivity contribution is 7.85. The highest BCUT2D eigenvalue weighted by Crippen LogP contribution is 2.35. The van der Waals surface area contributed by atoms with Crippen molar-refractivity contribution in [3.63, 3.8) is 0 Å². The number of carbonyl (C=O) groups excluding carboxylic acids is 2. The minimum absolute atomic E-state index is 0.0210. The zero-order chi connectivity index (χ0) is 36.7. The van der Waals surface area contributed by atoms with Crippen LogP contribution in [-0.2, 0) is 38.5 Å². The maximum Gasteiger partial charge on any atom is 0.451 e. The van der Waals surface area contributed by atoms with Crippen LogP contribution in [0.15, 0.2) is 24.3 Å². The van der Waals surface area contributed by atoms with Crippen molar-refractivity contribution in [3.8, 4) is 5.75 Å². The van der Waals surface area contributed by atoms with Gasteiger partial charge in [0.25, 0.3) is 10.1 Å². The number of amides is 2. The fourth-order valence-electron chi connectivity index (χ4n) is 6.15. The molecular weight excluding hydrogens is 698 g/mol. The van der Waals surface area contributed by atoms with E-state index in [1.807, 2.05) is 0 Å². The van der Waals surface area contributed by atoms with E-state index >= 15 is 0 Å².